The van der Waals surface area contributed by atoms with Crippen molar-refractivity contribution in [3.05, 3.63) is 59.7 Å². The van der Waals surface area contributed by atoms with Gasteiger partial charge in [0.15, 0.2) is 0 Å². The molecule has 0 aromatic heterocycles. The van der Waals surface area contributed by atoms with E-state index in [9.17, 15) is 0 Å². The van der Waals surface area contributed by atoms with Gasteiger partial charge in [-0.3, -0.25) is 0 Å². The third kappa shape index (κ3) is 12.3. The van der Waals surface area contributed by atoms with Gasteiger partial charge in [0.25, 0.3) is 0 Å². The lowest BCUT2D eigenvalue weighted by Crippen LogP contribution is -2.02. The van der Waals surface area contributed by atoms with Crippen molar-refractivity contribution in [3.63, 3.8) is 0 Å². The Bertz CT molecular complexity index is 706. The molecule has 0 aliphatic rings. The van der Waals surface area contributed by atoms with E-state index in [0.29, 0.717) is 0 Å². The highest BCUT2D eigenvalue weighted by Gasteiger charge is 2.09. The summed E-state index contributed by atoms with van der Waals surface area (Å²) in [5.74, 6) is 0. The van der Waals surface area contributed by atoms with E-state index in [1.54, 1.807) is 11.1 Å². The quantitative estimate of drug-likeness (QED) is 0.198. The zero-order valence-electron chi connectivity index (χ0n) is 21.8. The Morgan fingerprint density at radius 3 is 1.58 bits per heavy atom. The molecular formula is C32H51N. The fraction of sp³-hybridized carbons (Fsp3) is 0.625. The summed E-state index contributed by atoms with van der Waals surface area (Å²) in [6.07, 6.45) is 24.6. The van der Waals surface area contributed by atoms with Gasteiger partial charge in [0.1, 0.15) is 0 Å². The van der Waals surface area contributed by atoms with Crippen LogP contribution in [0.1, 0.15) is 128 Å². The predicted octanol–water partition coefficient (Wildman–Crippen LogP) is 10.8. The fourth-order valence-electron chi connectivity index (χ4n) is 4.84. The average molecular weight is 450 g/mol. The Morgan fingerprint density at radius 1 is 0.485 bits per heavy atom. The molecular weight excluding hydrogens is 398 g/mol. The van der Waals surface area contributed by atoms with Crippen LogP contribution in [0.3, 0.4) is 0 Å². The van der Waals surface area contributed by atoms with Crippen LogP contribution in [-0.2, 0) is 12.8 Å². The Hall–Kier alpha value is -1.76. The molecule has 0 aliphatic heterocycles. The first-order valence-electron chi connectivity index (χ1n) is 14.3. The number of unbranched alkanes of at least 4 members (excludes halogenated alkanes) is 14. The zero-order valence-corrected chi connectivity index (χ0v) is 21.8. The van der Waals surface area contributed by atoms with E-state index in [1.165, 1.54) is 127 Å². The summed E-state index contributed by atoms with van der Waals surface area (Å²) >= 11 is 0. The highest BCUT2D eigenvalue weighted by Crippen LogP contribution is 2.27. The summed E-state index contributed by atoms with van der Waals surface area (Å²) in [4.78, 5) is 0. The number of aryl methyl sites for hydroxylation is 1. The average Bonchev–Trinajstić information content (AvgIpc) is 2.84. The Labute approximate surface area is 205 Å². The van der Waals surface area contributed by atoms with Gasteiger partial charge in [-0.15, -0.1) is 0 Å². The molecule has 2 aromatic carbocycles. The van der Waals surface area contributed by atoms with Crippen LogP contribution in [-0.4, -0.2) is 0 Å². The van der Waals surface area contributed by atoms with E-state index in [1.807, 2.05) is 0 Å². The number of rotatable bonds is 20. The first-order valence-corrected chi connectivity index (χ1v) is 14.3. The number of hydrogen-bond donors (Lipinski definition) is 1. The second-order valence-corrected chi connectivity index (χ2v) is 9.88. The van der Waals surface area contributed by atoms with Gasteiger partial charge in [0, 0.05) is 11.4 Å². The largest absolute Gasteiger partial charge is 0.355 e. The minimum absolute atomic E-state index is 1.19. The minimum atomic E-state index is 1.19. The van der Waals surface area contributed by atoms with Crippen molar-refractivity contribution in [2.45, 2.75) is 129 Å². The molecule has 1 nitrogen and oxygen atoms in total. The molecule has 0 unspecified atom stereocenters. The maximum Gasteiger partial charge on any atom is 0.0419 e. The van der Waals surface area contributed by atoms with E-state index >= 15 is 0 Å². The topological polar surface area (TPSA) is 12.0 Å². The first kappa shape index (κ1) is 27.5. The molecule has 0 bridgehead atoms. The van der Waals surface area contributed by atoms with Gasteiger partial charge in [0.2, 0.25) is 0 Å². The Kier molecular flexibility index (Phi) is 15.5. The molecule has 0 fully saturated rings. The third-order valence-corrected chi connectivity index (χ3v) is 6.91. The SMILES string of the molecule is CCCCCCCCCCc1cccc(Nc2ccccc2)c1CCCCCCCCCC. The summed E-state index contributed by atoms with van der Waals surface area (Å²) < 4.78 is 0. The van der Waals surface area contributed by atoms with Crippen molar-refractivity contribution in [3.8, 4) is 0 Å². The van der Waals surface area contributed by atoms with Crippen LogP contribution in [0.4, 0.5) is 11.4 Å². The highest BCUT2D eigenvalue weighted by atomic mass is 14.9. The fourth-order valence-corrected chi connectivity index (χ4v) is 4.84. The second-order valence-electron chi connectivity index (χ2n) is 9.88. The molecule has 33 heavy (non-hydrogen) atoms. The standard InChI is InChI=1S/C32H51N/c1-3-5-7-9-11-13-15-18-23-29-24-22-28-32(33-30-25-19-17-20-26-30)31(29)27-21-16-14-12-10-8-6-4-2/h17,19-20,22,24-26,28,33H,3-16,18,21,23,27H2,1-2H3. The Morgan fingerprint density at radius 2 is 1.00 bits per heavy atom. The molecule has 0 aliphatic carbocycles. The van der Waals surface area contributed by atoms with Gasteiger partial charge >= 0.3 is 0 Å². The van der Waals surface area contributed by atoms with Gasteiger partial charge in [0.05, 0.1) is 0 Å². The minimum Gasteiger partial charge on any atom is -0.355 e. The molecule has 2 rings (SSSR count). The van der Waals surface area contributed by atoms with Crippen LogP contribution in [0.25, 0.3) is 0 Å². The first-order chi connectivity index (χ1) is 16.3. The molecule has 0 amide bonds. The molecule has 1 heteroatoms. The van der Waals surface area contributed by atoms with Crippen molar-refractivity contribution in [1.82, 2.24) is 0 Å². The monoisotopic (exact) mass is 449 g/mol. The summed E-state index contributed by atoms with van der Waals surface area (Å²) in [6.45, 7) is 4.60. The highest BCUT2D eigenvalue weighted by molar-refractivity contribution is 5.64. The van der Waals surface area contributed by atoms with Gasteiger partial charge in [-0.05, 0) is 55.0 Å². The zero-order chi connectivity index (χ0) is 23.4. The van der Waals surface area contributed by atoms with Crippen LogP contribution in [0.2, 0.25) is 0 Å². The van der Waals surface area contributed by atoms with Crippen LogP contribution < -0.4 is 5.32 Å². The van der Waals surface area contributed by atoms with E-state index in [0.717, 1.165) is 0 Å². The van der Waals surface area contributed by atoms with Gasteiger partial charge in [-0.25, -0.2) is 0 Å². The van der Waals surface area contributed by atoms with Crippen molar-refractivity contribution in [2.75, 3.05) is 5.32 Å². The number of benzene rings is 2. The summed E-state index contributed by atoms with van der Waals surface area (Å²) in [5.41, 5.74) is 5.65. The van der Waals surface area contributed by atoms with E-state index in [-0.39, 0.29) is 0 Å². The predicted molar refractivity (Wildman–Crippen MR) is 149 cm³/mol. The normalized spacial score (nSPS) is 11.1. The number of hydrogen-bond acceptors (Lipinski definition) is 1. The van der Waals surface area contributed by atoms with Crippen LogP contribution >= 0.6 is 0 Å². The van der Waals surface area contributed by atoms with E-state index in [2.05, 4.69) is 67.7 Å². The Balaban J connectivity index is 1.86. The molecule has 0 spiro atoms. The third-order valence-electron chi connectivity index (χ3n) is 6.91. The lowest BCUT2D eigenvalue weighted by Gasteiger charge is -2.17. The smallest absolute Gasteiger partial charge is 0.0419 e. The molecule has 184 valence electrons. The lowest BCUT2D eigenvalue weighted by atomic mass is 9.94. The molecule has 0 heterocycles. The van der Waals surface area contributed by atoms with E-state index < -0.39 is 0 Å². The molecule has 0 saturated carbocycles. The number of nitrogens with one attached hydrogen (secondary N) is 1. The van der Waals surface area contributed by atoms with Crippen molar-refractivity contribution < 1.29 is 0 Å². The van der Waals surface area contributed by atoms with Crippen molar-refractivity contribution in [1.29, 1.82) is 0 Å². The van der Waals surface area contributed by atoms with E-state index in [4.69, 9.17) is 0 Å². The van der Waals surface area contributed by atoms with Crippen molar-refractivity contribution >= 4 is 11.4 Å². The van der Waals surface area contributed by atoms with Gasteiger partial charge < -0.3 is 5.32 Å². The molecule has 0 radical (unpaired) electrons. The molecule has 1 N–H and O–H groups in total. The lowest BCUT2D eigenvalue weighted by molar-refractivity contribution is 0.571. The summed E-state index contributed by atoms with van der Waals surface area (Å²) in [7, 11) is 0. The molecule has 0 atom stereocenters. The van der Waals surface area contributed by atoms with Gasteiger partial charge in [-0.1, -0.05) is 134 Å². The maximum absolute atomic E-state index is 3.72. The molecule has 2 aromatic rings. The van der Waals surface area contributed by atoms with Crippen LogP contribution in [0, 0.1) is 0 Å². The summed E-state index contributed by atoms with van der Waals surface area (Å²) in [6, 6.07) is 17.6. The molecule has 0 saturated heterocycles. The van der Waals surface area contributed by atoms with Crippen molar-refractivity contribution in [2.24, 2.45) is 0 Å². The number of anilines is 2. The van der Waals surface area contributed by atoms with Crippen LogP contribution in [0.5, 0.6) is 0 Å². The number of para-hydroxylation sites is 1. The van der Waals surface area contributed by atoms with Gasteiger partial charge in [-0.2, -0.15) is 0 Å². The second kappa shape index (κ2) is 18.6. The summed E-state index contributed by atoms with van der Waals surface area (Å²) in [5, 5.41) is 3.72. The van der Waals surface area contributed by atoms with Crippen LogP contribution in [0.15, 0.2) is 48.5 Å². The maximum atomic E-state index is 3.72.